The number of carboxylic acid groups (broad SMARTS) is 1. The highest BCUT2D eigenvalue weighted by molar-refractivity contribution is 7.89. The van der Waals surface area contributed by atoms with Crippen LogP contribution < -0.4 is 4.72 Å². The third kappa shape index (κ3) is 5.08. The van der Waals surface area contributed by atoms with Crippen molar-refractivity contribution in [2.45, 2.75) is 25.2 Å². The van der Waals surface area contributed by atoms with Gasteiger partial charge in [0.25, 0.3) is 5.91 Å². The molecule has 7 nitrogen and oxygen atoms in total. The Bertz CT molecular complexity index is 637. The van der Waals surface area contributed by atoms with Crippen molar-refractivity contribution in [2.75, 3.05) is 20.1 Å². The molecule has 0 fully saturated rings. The fourth-order valence-corrected chi connectivity index (χ4v) is 3.76. The molecule has 0 atom stereocenters. The number of carbonyl (C=O) groups excluding carboxylic acids is 1. The van der Waals surface area contributed by atoms with Gasteiger partial charge in [0.05, 0.1) is 16.2 Å². The zero-order valence-corrected chi connectivity index (χ0v) is 14.3. The topological polar surface area (TPSA) is 104 Å². The van der Waals surface area contributed by atoms with Crippen molar-refractivity contribution in [1.29, 1.82) is 0 Å². The summed E-state index contributed by atoms with van der Waals surface area (Å²) in [5.74, 6) is -1.15. The lowest BCUT2D eigenvalue weighted by atomic mass is 10.2. The number of carbonyl (C=O) groups is 2. The van der Waals surface area contributed by atoms with Crippen molar-refractivity contribution in [3.63, 3.8) is 0 Å². The Hall–Kier alpha value is -1.45. The molecule has 1 aromatic rings. The van der Waals surface area contributed by atoms with Crippen LogP contribution in [0.15, 0.2) is 16.3 Å². The van der Waals surface area contributed by atoms with Crippen molar-refractivity contribution in [2.24, 2.45) is 5.92 Å². The Morgan fingerprint density at radius 3 is 2.55 bits per heavy atom. The van der Waals surface area contributed by atoms with Gasteiger partial charge in [-0.15, -0.1) is 11.3 Å². The summed E-state index contributed by atoms with van der Waals surface area (Å²) in [5.41, 5.74) is 0. The van der Waals surface area contributed by atoms with E-state index in [0.717, 1.165) is 11.3 Å². The number of hydrogen-bond acceptors (Lipinski definition) is 5. The fraction of sp³-hybridized carbons (Fsp3) is 0.538. The van der Waals surface area contributed by atoms with Gasteiger partial charge in [0.1, 0.15) is 0 Å². The second-order valence-corrected chi connectivity index (χ2v) is 7.94. The molecule has 2 N–H and O–H groups in total. The number of thiophene rings is 1. The molecule has 9 heteroatoms. The number of rotatable bonds is 8. The summed E-state index contributed by atoms with van der Waals surface area (Å²) in [5, 5.41) is 10.2. The van der Waals surface area contributed by atoms with Gasteiger partial charge in [-0.2, -0.15) is 0 Å². The van der Waals surface area contributed by atoms with E-state index >= 15 is 0 Å². The summed E-state index contributed by atoms with van der Waals surface area (Å²) in [6.07, 6.45) is -0.147. The summed E-state index contributed by atoms with van der Waals surface area (Å²) in [6.45, 7) is 4.36. The van der Waals surface area contributed by atoms with Gasteiger partial charge < -0.3 is 10.0 Å². The van der Waals surface area contributed by atoms with Crippen LogP contribution in [0.1, 0.15) is 29.9 Å². The van der Waals surface area contributed by atoms with E-state index in [9.17, 15) is 18.0 Å². The van der Waals surface area contributed by atoms with Crippen LogP contribution in [0.25, 0.3) is 0 Å². The molecule has 22 heavy (non-hydrogen) atoms. The van der Waals surface area contributed by atoms with Gasteiger partial charge in [0.15, 0.2) is 0 Å². The van der Waals surface area contributed by atoms with Crippen LogP contribution >= 0.6 is 11.3 Å². The van der Waals surface area contributed by atoms with Gasteiger partial charge in [0, 0.05) is 18.5 Å². The Labute approximate surface area is 134 Å². The Morgan fingerprint density at radius 1 is 1.41 bits per heavy atom. The molecule has 1 aromatic heterocycles. The smallest absolute Gasteiger partial charge is 0.305 e. The molecule has 0 aliphatic carbocycles. The van der Waals surface area contributed by atoms with Gasteiger partial charge in [-0.25, -0.2) is 13.1 Å². The number of nitrogens with zero attached hydrogens (tertiary/aromatic N) is 1. The van der Waals surface area contributed by atoms with Gasteiger partial charge in [-0.3, -0.25) is 9.59 Å². The standard InChI is InChI=1S/C13H20N2O5S2/c1-9(2)7-15(5-4-12(16)17)13(18)11-6-10(8-21-11)22(19,20)14-3/h6,8-9,14H,4-5,7H2,1-3H3,(H,16,17). The number of sulfonamides is 1. The van der Waals surface area contributed by atoms with E-state index in [-0.39, 0.29) is 34.6 Å². The maximum absolute atomic E-state index is 12.4. The molecule has 0 saturated carbocycles. The molecular weight excluding hydrogens is 328 g/mol. The van der Waals surface area contributed by atoms with E-state index in [1.54, 1.807) is 0 Å². The van der Waals surface area contributed by atoms with Crippen LogP contribution in [-0.2, 0) is 14.8 Å². The molecule has 0 aliphatic heterocycles. The van der Waals surface area contributed by atoms with Crippen LogP contribution in [0.4, 0.5) is 0 Å². The summed E-state index contributed by atoms with van der Waals surface area (Å²) in [7, 11) is -2.29. The minimum Gasteiger partial charge on any atom is -0.481 e. The highest BCUT2D eigenvalue weighted by Gasteiger charge is 2.22. The second kappa shape index (κ2) is 7.70. The van der Waals surface area contributed by atoms with Gasteiger partial charge in [-0.05, 0) is 19.0 Å². The van der Waals surface area contributed by atoms with E-state index in [4.69, 9.17) is 5.11 Å². The monoisotopic (exact) mass is 348 g/mol. The molecule has 0 radical (unpaired) electrons. The largest absolute Gasteiger partial charge is 0.481 e. The molecular formula is C13H20N2O5S2. The number of carboxylic acids is 1. The minimum atomic E-state index is -3.59. The van der Waals surface area contributed by atoms with Crippen LogP contribution in [0, 0.1) is 5.92 Å². The van der Waals surface area contributed by atoms with Crippen molar-refractivity contribution >= 4 is 33.2 Å². The van der Waals surface area contributed by atoms with E-state index < -0.39 is 16.0 Å². The molecule has 0 bridgehead atoms. The first kappa shape index (κ1) is 18.6. The first-order valence-corrected chi connectivity index (χ1v) is 9.06. The normalized spacial score (nSPS) is 11.6. The lowest BCUT2D eigenvalue weighted by molar-refractivity contribution is -0.137. The SMILES string of the molecule is CNS(=O)(=O)c1csc(C(=O)N(CCC(=O)O)CC(C)C)c1. The third-order valence-corrected chi connectivity index (χ3v) is 5.29. The van der Waals surface area contributed by atoms with Gasteiger partial charge in [-0.1, -0.05) is 13.8 Å². The van der Waals surface area contributed by atoms with Crippen molar-refractivity contribution < 1.29 is 23.1 Å². The molecule has 0 aliphatic rings. The summed E-state index contributed by atoms with van der Waals surface area (Å²) in [4.78, 5) is 24.9. The lowest BCUT2D eigenvalue weighted by Crippen LogP contribution is -2.35. The first-order chi connectivity index (χ1) is 10.2. The van der Waals surface area contributed by atoms with E-state index in [2.05, 4.69) is 4.72 Å². The first-order valence-electron chi connectivity index (χ1n) is 6.70. The molecule has 0 unspecified atom stereocenters. The maximum Gasteiger partial charge on any atom is 0.305 e. The molecule has 1 rings (SSSR count). The van der Waals surface area contributed by atoms with Gasteiger partial charge in [0.2, 0.25) is 10.0 Å². The fourth-order valence-electron chi connectivity index (χ4n) is 1.79. The number of nitrogens with one attached hydrogen (secondary N) is 1. The predicted molar refractivity (Wildman–Crippen MR) is 83.6 cm³/mol. The van der Waals surface area contributed by atoms with Crippen molar-refractivity contribution in [3.8, 4) is 0 Å². The zero-order valence-electron chi connectivity index (χ0n) is 12.7. The number of hydrogen-bond donors (Lipinski definition) is 2. The van der Waals surface area contributed by atoms with Crippen molar-refractivity contribution in [1.82, 2.24) is 9.62 Å². The lowest BCUT2D eigenvalue weighted by Gasteiger charge is -2.23. The molecule has 0 spiro atoms. The average molecular weight is 348 g/mol. The van der Waals surface area contributed by atoms with E-state index in [1.807, 2.05) is 13.8 Å². The molecule has 1 heterocycles. The van der Waals surface area contributed by atoms with Crippen LogP contribution in [-0.4, -0.2) is 50.4 Å². The third-order valence-electron chi connectivity index (χ3n) is 2.83. The minimum absolute atomic E-state index is 0.0334. The van der Waals surface area contributed by atoms with Gasteiger partial charge >= 0.3 is 5.97 Å². The van der Waals surface area contributed by atoms with Crippen molar-refractivity contribution in [3.05, 3.63) is 16.3 Å². The highest BCUT2D eigenvalue weighted by atomic mass is 32.2. The molecule has 0 aromatic carbocycles. The predicted octanol–water partition coefficient (Wildman–Crippen LogP) is 1.23. The van der Waals surface area contributed by atoms with E-state index in [0.29, 0.717) is 6.54 Å². The molecule has 1 amide bonds. The Morgan fingerprint density at radius 2 is 2.05 bits per heavy atom. The van der Waals surface area contributed by atoms with Crippen LogP contribution in [0.5, 0.6) is 0 Å². The number of amides is 1. The highest BCUT2D eigenvalue weighted by Crippen LogP contribution is 2.21. The Balaban J connectivity index is 2.96. The molecule has 0 saturated heterocycles. The van der Waals surface area contributed by atoms with Crippen LogP contribution in [0.3, 0.4) is 0 Å². The number of aliphatic carboxylic acids is 1. The summed E-state index contributed by atoms with van der Waals surface area (Å²) < 4.78 is 25.6. The summed E-state index contributed by atoms with van der Waals surface area (Å²) >= 11 is 1.03. The van der Waals surface area contributed by atoms with Crippen LogP contribution in [0.2, 0.25) is 0 Å². The maximum atomic E-state index is 12.4. The zero-order chi connectivity index (χ0) is 16.9. The molecule has 124 valence electrons. The Kier molecular flexibility index (Phi) is 6.51. The summed E-state index contributed by atoms with van der Waals surface area (Å²) in [6, 6.07) is 1.31. The van der Waals surface area contributed by atoms with E-state index in [1.165, 1.54) is 23.4 Å². The second-order valence-electron chi connectivity index (χ2n) is 5.14. The average Bonchev–Trinajstić information content (AvgIpc) is 2.92. The quantitative estimate of drug-likeness (QED) is 0.735.